The molecule has 5 nitrogen and oxygen atoms in total. The minimum atomic E-state index is -3.17. The van der Waals surface area contributed by atoms with E-state index >= 15 is 0 Å². The molecule has 0 aromatic heterocycles. The Kier molecular flexibility index (Phi) is 8.83. The number of nitrogens with one attached hydrogen (secondary N) is 2. The van der Waals surface area contributed by atoms with Crippen molar-refractivity contribution < 1.29 is 13.2 Å². The molecule has 6 heteroatoms. The van der Waals surface area contributed by atoms with E-state index in [-0.39, 0.29) is 18.5 Å². The summed E-state index contributed by atoms with van der Waals surface area (Å²) in [6.07, 6.45) is 0.877. The molecule has 0 rings (SSSR count). The molecule has 0 aliphatic carbocycles. The van der Waals surface area contributed by atoms with Crippen LogP contribution in [0.25, 0.3) is 0 Å². The maximum Gasteiger partial charge on any atom is 0.213 e. The Balaban J connectivity index is 3.55. The van der Waals surface area contributed by atoms with Crippen LogP contribution in [0, 0.1) is 0 Å². The van der Waals surface area contributed by atoms with Gasteiger partial charge in [-0.2, -0.15) is 0 Å². The van der Waals surface area contributed by atoms with Gasteiger partial charge in [0.15, 0.2) is 0 Å². The summed E-state index contributed by atoms with van der Waals surface area (Å²) in [7, 11) is -3.17. The van der Waals surface area contributed by atoms with E-state index in [1.807, 2.05) is 20.8 Å². The van der Waals surface area contributed by atoms with Gasteiger partial charge in [-0.05, 0) is 33.4 Å². The fourth-order valence-electron chi connectivity index (χ4n) is 1.08. The second kappa shape index (κ2) is 8.92. The lowest BCUT2D eigenvalue weighted by Crippen LogP contribution is -2.31. The molecule has 0 aromatic rings. The molecular formula is C10H24N2O3S. The van der Waals surface area contributed by atoms with Gasteiger partial charge in [0.05, 0.1) is 18.5 Å². The molecule has 0 saturated heterocycles. The highest BCUT2D eigenvalue weighted by Crippen LogP contribution is 1.91. The Labute approximate surface area is 99.0 Å². The molecule has 0 spiro atoms. The van der Waals surface area contributed by atoms with Crippen LogP contribution in [0.2, 0.25) is 0 Å². The summed E-state index contributed by atoms with van der Waals surface area (Å²) in [4.78, 5) is 0. The third-order valence-corrected chi connectivity index (χ3v) is 3.25. The van der Waals surface area contributed by atoms with E-state index in [2.05, 4.69) is 10.0 Å². The number of rotatable bonds is 10. The summed E-state index contributed by atoms with van der Waals surface area (Å²) in [6.45, 7) is 8.27. The van der Waals surface area contributed by atoms with Crippen LogP contribution in [0.3, 0.4) is 0 Å². The molecular weight excluding hydrogens is 228 g/mol. The van der Waals surface area contributed by atoms with E-state index in [9.17, 15) is 8.42 Å². The van der Waals surface area contributed by atoms with Gasteiger partial charge in [0.1, 0.15) is 0 Å². The Morgan fingerprint density at radius 1 is 1.25 bits per heavy atom. The molecule has 2 N–H and O–H groups in total. The van der Waals surface area contributed by atoms with Gasteiger partial charge in [-0.3, -0.25) is 0 Å². The number of ether oxygens (including phenoxy) is 1. The average Bonchev–Trinajstić information content (AvgIpc) is 2.16. The normalized spacial score (nSPS) is 12.2. The maximum absolute atomic E-state index is 11.4. The molecule has 0 aliphatic heterocycles. The van der Waals surface area contributed by atoms with E-state index in [1.165, 1.54) is 0 Å². The predicted octanol–water partition coefficient (Wildman–Crippen LogP) is 0.330. The largest absolute Gasteiger partial charge is 0.378 e. The lowest BCUT2D eigenvalue weighted by molar-refractivity contribution is 0.0911. The lowest BCUT2D eigenvalue weighted by Gasteiger charge is -2.09. The summed E-state index contributed by atoms with van der Waals surface area (Å²) >= 11 is 0. The van der Waals surface area contributed by atoms with Crippen LogP contribution in [0.5, 0.6) is 0 Å². The van der Waals surface area contributed by atoms with Crippen molar-refractivity contribution >= 4 is 10.0 Å². The first-order valence-electron chi connectivity index (χ1n) is 5.77. The van der Waals surface area contributed by atoms with Crippen molar-refractivity contribution in [1.29, 1.82) is 0 Å². The topological polar surface area (TPSA) is 67.4 Å². The zero-order valence-electron chi connectivity index (χ0n) is 10.5. The minimum Gasteiger partial charge on any atom is -0.378 e. The van der Waals surface area contributed by atoms with Gasteiger partial charge in [0.25, 0.3) is 0 Å². The zero-order valence-corrected chi connectivity index (χ0v) is 11.3. The highest BCUT2D eigenvalue weighted by atomic mass is 32.2. The smallest absolute Gasteiger partial charge is 0.213 e. The molecule has 0 aromatic carbocycles. The third-order valence-electron chi connectivity index (χ3n) is 1.91. The summed E-state index contributed by atoms with van der Waals surface area (Å²) < 4.78 is 30.6. The van der Waals surface area contributed by atoms with E-state index in [1.54, 1.807) is 0 Å². The molecule has 0 fully saturated rings. The summed E-state index contributed by atoms with van der Waals surface area (Å²) in [5.41, 5.74) is 0. The van der Waals surface area contributed by atoms with Crippen LogP contribution in [0.15, 0.2) is 0 Å². The van der Waals surface area contributed by atoms with Gasteiger partial charge in [-0.25, -0.2) is 13.1 Å². The van der Waals surface area contributed by atoms with Gasteiger partial charge in [-0.15, -0.1) is 0 Å². The van der Waals surface area contributed by atoms with Crippen molar-refractivity contribution in [2.45, 2.75) is 33.3 Å². The highest BCUT2D eigenvalue weighted by Gasteiger charge is 2.09. The first-order valence-corrected chi connectivity index (χ1v) is 7.43. The molecule has 0 unspecified atom stereocenters. The zero-order chi connectivity index (χ0) is 12.4. The quantitative estimate of drug-likeness (QED) is 0.550. The van der Waals surface area contributed by atoms with Gasteiger partial charge in [0.2, 0.25) is 10.0 Å². The first-order chi connectivity index (χ1) is 7.48. The second-order valence-electron chi connectivity index (χ2n) is 3.84. The minimum absolute atomic E-state index is 0.0341. The maximum atomic E-state index is 11.4. The Morgan fingerprint density at radius 2 is 1.94 bits per heavy atom. The average molecular weight is 252 g/mol. The van der Waals surface area contributed by atoms with E-state index < -0.39 is 10.0 Å². The Bertz CT molecular complexity index is 253. The van der Waals surface area contributed by atoms with E-state index in [4.69, 9.17) is 4.74 Å². The van der Waals surface area contributed by atoms with Crippen LogP contribution in [0.4, 0.5) is 0 Å². The number of sulfonamides is 1. The standard InChI is InChI=1S/C10H24N2O3S/c1-4-11-6-5-7-12-16(13,14)9-8-15-10(2)3/h10-12H,4-9H2,1-3H3. The van der Waals surface area contributed by atoms with Crippen LogP contribution < -0.4 is 10.0 Å². The lowest BCUT2D eigenvalue weighted by atomic mass is 10.4. The summed E-state index contributed by atoms with van der Waals surface area (Å²) in [6, 6.07) is 0. The van der Waals surface area contributed by atoms with Crippen LogP contribution >= 0.6 is 0 Å². The fourth-order valence-corrected chi connectivity index (χ4v) is 2.00. The van der Waals surface area contributed by atoms with Crippen molar-refractivity contribution in [2.75, 3.05) is 32.0 Å². The van der Waals surface area contributed by atoms with Gasteiger partial charge in [-0.1, -0.05) is 6.92 Å². The van der Waals surface area contributed by atoms with Crippen molar-refractivity contribution in [3.63, 3.8) is 0 Å². The van der Waals surface area contributed by atoms with Crippen molar-refractivity contribution in [1.82, 2.24) is 10.0 Å². The van der Waals surface area contributed by atoms with Crippen molar-refractivity contribution in [3.05, 3.63) is 0 Å². The first kappa shape index (κ1) is 15.8. The van der Waals surface area contributed by atoms with Gasteiger partial charge < -0.3 is 10.1 Å². The molecule has 0 amide bonds. The van der Waals surface area contributed by atoms with Crippen LogP contribution in [-0.2, 0) is 14.8 Å². The number of hydrogen-bond donors (Lipinski definition) is 2. The SMILES string of the molecule is CCNCCCNS(=O)(=O)CCOC(C)C. The van der Waals surface area contributed by atoms with Gasteiger partial charge >= 0.3 is 0 Å². The molecule has 0 heterocycles. The third kappa shape index (κ3) is 10.4. The molecule has 98 valence electrons. The molecule has 0 saturated carbocycles. The number of hydrogen-bond acceptors (Lipinski definition) is 4. The predicted molar refractivity (Wildman–Crippen MR) is 66.0 cm³/mol. The molecule has 0 bridgehead atoms. The Hall–Kier alpha value is -0.170. The second-order valence-corrected chi connectivity index (χ2v) is 5.77. The van der Waals surface area contributed by atoms with E-state index in [0.29, 0.717) is 6.54 Å². The summed E-state index contributed by atoms with van der Waals surface area (Å²) in [5.74, 6) is 0.0341. The van der Waals surface area contributed by atoms with Crippen LogP contribution in [0.1, 0.15) is 27.2 Å². The van der Waals surface area contributed by atoms with Gasteiger partial charge in [0, 0.05) is 6.54 Å². The molecule has 0 atom stereocenters. The highest BCUT2D eigenvalue weighted by molar-refractivity contribution is 7.89. The fraction of sp³-hybridized carbons (Fsp3) is 1.00. The van der Waals surface area contributed by atoms with E-state index in [0.717, 1.165) is 19.5 Å². The molecule has 0 radical (unpaired) electrons. The monoisotopic (exact) mass is 252 g/mol. The molecule has 16 heavy (non-hydrogen) atoms. The molecule has 0 aliphatic rings. The van der Waals surface area contributed by atoms with Crippen molar-refractivity contribution in [2.24, 2.45) is 0 Å². The summed E-state index contributed by atoms with van der Waals surface area (Å²) in [5, 5.41) is 3.13. The van der Waals surface area contributed by atoms with Crippen LogP contribution in [-0.4, -0.2) is 46.5 Å². The Morgan fingerprint density at radius 3 is 2.50 bits per heavy atom. The van der Waals surface area contributed by atoms with Crippen molar-refractivity contribution in [3.8, 4) is 0 Å².